The predicted molar refractivity (Wildman–Crippen MR) is 63.0 cm³/mol. The lowest BCUT2D eigenvalue weighted by Gasteiger charge is -2.25. The Labute approximate surface area is 98.9 Å². The maximum atomic E-state index is 12.9. The Morgan fingerprint density at radius 2 is 2.29 bits per heavy atom. The molecule has 1 amide bonds. The smallest absolute Gasteiger partial charge is 0.250 e. The van der Waals surface area contributed by atoms with Gasteiger partial charge in [-0.25, -0.2) is 4.39 Å². The van der Waals surface area contributed by atoms with Gasteiger partial charge in [-0.2, -0.15) is 0 Å². The molecule has 1 aliphatic carbocycles. The van der Waals surface area contributed by atoms with Crippen LogP contribution in [-0.4, -0.2) is 18.6 Å². The highest BCUT2D eigenvalue weighted by molar-refractivity contribution is 5.94. The second-order valence-electron chi connectivity index (χ2n) is 4.14. The molecule has 0 radical (unpaired) electrons. The fourth-order valence-corrected chi connectivity index (χ4v) is 1.55. The minimum Gasteiger partial charge on any atom is -0.397 e. The van der Waals surface area contributed by atoms with Crippen molar-refractivity contribution in [2.45, 2.75) is 25.4 Å². The molecule has 1 aromatic rings. The van der Waals surface area contributed by atoms with E-state index >= 15 is 0 Å². The van der Waals surface area contributed by atoms with Crippen molar-refractivity contribution in [3.8, 4) is 0 Å². The topological polar surface area (TPSA) is 64.3 Å². The van der Waals surface area contributed by atoms with E-state index in [0.29, 0.717) is 5.69 Å². The van der Waals surface area contributed by atoms with Gasteiger partial charge in [0.05, 0.1) is 17.5 Å². The van der Waals surface area contributed by atoms with Gasteiger partial charge in [-0.05, 0) is 37.5 Å². The molecule has 0 aromatic heterocycles. The molecule has 0 heterocycles. The number of benzene rings is 1. The van der Waals surface area contributed by atoms with Gasteiger partial charge in [-0.3, -0.25) is 4.79 Å². The summed E-state index contributed by atoms with van der Waals surface area (Å²) in [7, 11) is 0. The number of carbonyl (C=O) groups is 1. The number of carbonyl (C=O) groups excluding carboxylic acids is 1. The van der Waals surface area contributed by atoms with E-state index in [0.717, 1.165) is 19.3 Å². The zero-order valence-electron chi connectivity index (χ0n) is 9.41. The van der Waals surface area contributed by atoms with Crippen LogP contribution in [0.1, 0.15) is 19.3 Å². The molecular weight excluding hydrogens is 223 g/mol. The molecule has 5 heteroatoms. The first-order valence-electron chi connectivity index (χ1n) is 5.61. The van der Waals surface area contributed by atoms with E-state index in [-0.39, 0.29) is 24.3 Å². The second kappa shape index (κ2) is 5.14. The van der Waals surface area contributed by atoms with Crippen LogP contribution in [0, 0.1) is 5.82 Å². The molecule has 1 fully saturated rings. The van der Waals surface area contributed by atoms with Crippen molar-refractivity contribution < 1.29 is 13.9 Å². The molecule has 0 spiro atoms. The number of nitrogens with two attached hydrogens (primary N) is 1. The number of nitrogen functional groups attached to an aromatic ring is 1. The first-order valence-corrected chi connectivity index (χ1v) is 5.61. The van der Waals surface area contributed by atoms with E-state index < -0.39 is 5.82 Å². The quantitative estimate of drug-likeness (QED) is 0.787. The summed E-state index contributed by atoms with van der Waals surface area (Å²) in [6, 6.07) is 3.85. The van der Waals surface area contributed by atoms with E-state index in [9.17, 15) is 9.18 Å². The average Bonchev–Trinajstić information content (AvgIpc) is 2.21. The zero-order valence-corrected chi connectivity index (χ0v) is 9.41. The van der Waals surface area contributed by atoms with Crippen LogP contribution in [-0.2, 0) is 9.53 Å². The molecule has 92 valence electrons. The molecule has 1 saturated carbocycles. The molecule has 0 saturated heterocycles. The SMILES string of the molecule is Nc1ccc(F)cc1NC(=O)COC1CCC1. The Hall–Kier alpha value is -1.62. The van der Waals surface area contributed by atoms with E-state index in [1.54, 1.807) is 0 Å². The lowest BCUT2D eigenvalue weighted by Crippen LogP contribution is -2.27. The minimum atomic E-state index is -0.436. The maximum absolute atomic E-state index is 12.9. The molecule has 4 nitrogen and oxygen atoms in total. The van der Waals surface area contributed by atoms with Gasteiger partial charge in [0.15, 0.2) is 0 Å². The van der Waals surface area contributed by atoms with Crippen molar-refractivity contribution >= 4 is 17.3 Å². The molecular formula is C12H15FN2O2. The normalized spacial score (nSPS) is 15.4. The highest BCUT2D eigenvalue weighted by Gasteiger charge is 2.19. The number of anilines is 2. The number of hydrogen-bond donors (Lipinski definition) is 2. The van der Waals surface area contributed by atoms with Gasteiger partial charge in [0.2, 0.25) is 5.91 Å². The first-order chi connectivity index (χ1) is 8.15. The number of ether oxygens (including phenoxy) is 1. The van der Waals surface area contributed by atoms with E-state index in [1.165, 1.54) is 18.2 Å². The Morgan fingerprint density at radius 3 is 2.94 bits per heavy atom. The van der Waals surface area contributed by atoms with Crippen LogP contribution >= 0.6 is 0 Å². The summed E-state index contributed by atoms with van der Waals surface area (Å²) < 4.78 is 18.3. The van der Waals surface area contributed by atoms with Crippen LogP contribution in [0.25, 0.3) is 0 Å². The largest absolute Gasteiger partial charge is 0.397 e. The fourth-order valence-electron chi connectivity index (χ4n) is 1.55. The standard InChI is InChI=1S/C12H15FN2O2/c13-8-4-5-10(14)11(6-8)15-12(16)7-17-9-2-1-3-9/h4-6,9H,1-3,7,14H2,(H,15,16). The van der Waals surface area contributed by atoms with Crippen LogP contribution in [0.5, 0.6) is 0 Å². The lowest BCUT2D eigenvalue weighted by molar-refractivity contribution is -0.124. The summed E-state index contributed by atoms with van der Waals surface area (Å²) in [5.41, 5.74) is 6.23. The highest BCUT2D eigenvalue weighted by Crippen LogP contribution is 2.22. The minimum absolute atomic E-state index is 0.0133. The highest BCUT2D eigenvalue weighted by atomic mass is 19.1. The van der Waals surface area contributed by atoms with Gasteiger partial charge in [0.25, 0.3) is 0 Å². The molecule has 1 aromatic carbocycles. The van der Waals surface area contributed by atoms with E-state index in [1.807, 2.05) is 0 Å². The summed E-state index contributed by atoms with van der Waals surface area (Å²) in [6.45, 7) is -0.0133. The molecule has 1 aliphatic rings. The molecule has 0 unspecified atom stereocenters. The number of halogens is 1. The summed E-state index contributed by atoms with van der Waals surface area (Å²) >= 11 is 0. The van der Waals surface area contributed by atoms with Crippen LogP contribution < -0.4 is 11.1 Å². The Balaban J connectivity index is 1.86. The molecule has 0 atom stereocenters. The fraction of sp³-hybridized carbons (Fsp3) is 0.417. The number of rotatable bonds is 4. The molecule has 2 rings (SSSR count). The van der Waals surface area contributed by atoms with E-state index in [4.69, 9.17) is 10.5 Å². The van der Waals surface area contributed by atoms with Gasteiger partial charge in [0, 0.05) is 0 Å². The van der Waals surface area contributed by atoms with Crippen LogP contribution in [0.3, 0.4) is 0 Å². The summed E-state index contributed by atoms with van der Waals surface area (Å²) in [5, 5.41) is 2.53. The van der Waals surface area contributed by atoms with E-state index in [2.05, 4.69) is 5.32 Å². The molecule has 0 bridgehead atoms. The van der Waals surface area contributed by atoms with Gasteiger partial charge in [-0.15, -0.1) is 0 Å². The third-order valence-corrected chi connectivity index (χ3v) is 2.79. The van der Waals surface area contributed by atoms with Crippen molar-refractivity contribution in [1.29, 1.82) is 0 Å². The third-order valence-electron chi connectivity index (χ3n) is 2.79. The van der Waals surface area contributed by atoms with Crippen LogP contribution in [0.4, 0.5) is 15.8 Å². The van der Waals surface area contributed by atoms with Gasteiger partial charge >= 0.3 is 0 Å². The maximum Gasteiger partial charge on any atom is 0.250 e. The Morgan fingerprint density at radius 1 is 1.53 bits per heavy atom. The Kier molecular flexibility index (Phi) is 3.58. The van der Waals surface area contributed by atoms with Gasteiger partial charge in [0.1, 0.15) is 12.4 Å². The summed E-state index contributed by atoms with van der Waals surface area (Å²) in [4.78, 5) is 11.5. The average molecular weight is 238 g/mol. The van der Waals surface area contributed by atoms with Crippen molar-refractivity contribution in [3.63, 3.8) is 0 Å². The van der Waals surface area contributed by atoms with Crippen LogP contribution in [0.15, 0.2) is 18.2 Å². The van der Waals surface area contributed by atoms with Crippen molar-refractivity contribution in [2.24, 2.45) is 0 Å². The number of amides is 1. The predicted octanol–water partition coefficient (Wildman–Crippen LogP) is 1.92. The first kappa shape index (κ1) is 11.9. The van der Waals surface area contributed by atoms with Crippen molar-refractivity contribution in [2.75, 3.05) is 17.7 Å². The summed E-state index contributed by atoms with van der Waals surface area (Å²) in [5.74, 6) is -0.747. The summed E-state index contributed by atoms with van der Waals surface area (Å²) in [6.07, 6.45) is 3.37. The third kappa shape index (κ3) is 3.17. The van der Waals surface area contributed by atoms with Crippen molar-refractivity contribution in [1.82, 2.24) is 0 Å². The van der Waals surface area contributed by atoms with Crippen molar-refractivity contribution in [3.05, 3.63) is 24.0 Å². The Bertz CT molecular complexity index is 419. The number of nitrogens with one attached hydrogen (secondary N) is 1. The zero-order chi connectivity index (χ0) is 12.3. The number of hydrogen-bond acceptors (Lipinski definition) is 3. The van der Waals surface area contributed by atoms with Gasteiger partial charge < -0.3 is 15.8 Å². The lowest BCUT2D eigenvalue weighted by atomic mass is 9.96. The van der Waals surface area contributed by atoms with Gasteiger partial charge in [-0.1, -0.05) is 0 Å². The monoisotopic (exact) mass is 238 g/mol. The molecule has 17 heavy (non-hydrogen) atoms. The van der Waals surface area contributed by atoms with Crippen LogP contribution in [0.2, 0.25) is 0 Å². The molecule has 0 aliphatic heterocycles. The molecule has 3 N–H and O–H groups in total. The second-order valence-corrected chi connectivity index (χ2v) is 4.14.